The highest BCUT2D eigenvalue weighted by Gasteiger charge is 2.15. The van der Waals surface area contributed by atoms with Crippen LogP contribution < -0.4 is 5.32 Å². The van der Waals surface area contributed by atoms with Crippen LogP contribution in [-0.2, 0) is 6.42 Å². The molecular weight excluding hydrogens is 272 g/mol. The van der Waals surface area contributed by atoms with Gasteiger partial charge in [-0.3, -0.25) is 14.9 Å². The standard InChI is InChI=1S/C15H14N2O4/c1-2-10-5-3-4-6-12(10)15(19)16-13-9-11(17(20)21)7-8-14(13)18/h3-9,18H,2H2,1H3,(H,16,19). The number of phenolic OH excluding ortho intramolecular Hbond substituents is 1. The lowest BCUT2D eigenvalue weighted by atomic mass is 10.0. The van der Waals surface area contributed by atoms with Crippen molar-refractivity contribution in [1.29, 1.82) is 0 Å². The average molecular weight is 286 g/mol. The van der Waals surface area contributed by atoms with Gasteiger partial charge in [0, 0.05) is 17.7 Å². The van der Waals surface area contributed by atoms with Gasteiger partial charge in [-0.05, 0) is 24.1 Å². The number of nitrogens with zero attached hydrogens (tertiary/aromatic N) is 1. The van der Waals surface area contributed by atoms with Gasteiger partial charge in [0.05, 0.1) is 10.6 Å². The molecule has 0 aliphatic carbocycles. The van der Waals surface area contributed by atoms with Crippen LogP contribution in [0.2, 0.25) is 0 Å². The van der Waals surface area contributed by atoms with Crippen molar-refractivity contribution in [3.8, 4) is 5.75 Å². The normalized spacial score (nSPS) is 10.1. The first-order valence-electron chi connectivity index (χ1n) is 6.39. The molecular formula is C15H14N2O4. The number of non-ortho nitro benzene ring substituents is 1. The quantitative estimate of drug-likeness (QED) is 0.513. The molecule has 6 heteroatoms. The summed E-state index contributed by atoms with van der Waals surface area (Å²) in [5.74, 6) is -0.633. The molecule has 0 aliphatic heterocycles. The summed E-state index contributed by atoms with van der Waals surface area (Å²) < 4.78 is 0. The van der Waals surface area contributed by atoms with Gasteiger partial charge >= 0.3 is 0 Å². The van der Waals surface area contributed by atoms with Gasteiger partial charge in [-0.2, -0.15) is 0 Å². The first kappa shape index (κ1) is 14.5. The summed E-state index contributed by atoms with van der Waals surface area (Å²) in [6, 6.07) is 10.6. The van der Waals surface area contributed by atoms with E-state index in [1.807, 2.05) is 19.1 Å². The third kappa shape index (κ3) is 3.17. The molecule has 0 fully saturated rings. The van der Waals surface area contributed by atoms with Gasteiger partial charge in [0.15, 0.2) is 0 Å². The second-order valence-electron chi connectivity index (χ2n) is 4.42. The lowest BCUT2D eigenvalue weighted by Gasteiger charge is -2.10. The lowest BCUT2D eigenvalue weighted by molar-refractivity contribution is -0.384. The topological polar surface area (TPSA) is 92.5 Å². The van der Waals surface area contributed by atoms with Crippen LogP contribution in [0.5, 0.6) is 5.75 Å². The van der Waals surface area contributed by atoms with Crippen molar-refractivity contribution in [3.05, 3.63) is 63.7 Å². The van der Waals surface area contributed by atoms with Crippen LogP contribution in [-0.4, -0.2) is 15.9 Å². The predicted molar refractivity (Wildman–Crippen MR) is 78.5 cm³/mol. The molecule has 0 spiro atoms. The van der Waals surface area contributed by atoms with E-state index in [-0.39, 0.29) is 17.1 Å². The second kappa shape index (κ2) is 6.04. The fourth-order valence-electron chi connectivity index (χ4n) is 1.98. The first-order chi connectivity index (χ1) is 10.0. The largest absolute Gasteiger partial charge is 0.506 e. The highest BCUT2D eigenvalue weighted by atomic mass is 16.6. The number of carbonyl (C=O) groups excluding carboxylic acids is 1. The number of hydrogen-bond acceptors (Lipinski definition) is 4. The highest BCUT2D eigenvalue weighted by Crippen LogP contribution is 2.28. The number of anilines is 1. The van der Waals surface area contributed by atoms with E-state index in [4.69, 9.17) is 0 Å². The maximum absolute atomic E-state index is 12.2. The SMILES string of the molecule is CCc1ccccc1C(=O)Nc1cc([N+](=O)[O-])ccc1O. The molecule has 6 nitrogen and oxygen atoms in total. The van der Waals surface area contributed by atoms with Gasteiger partial charge in [0.2, 0.25) is 0 Å². The van der Waals surface area contributed by atoms with Crippen LogP contribution in [0, 0.1) is 10.1 Å². The summed E-state index contributed by atoms with van der Waals surface area (Å²) in [7, 11) is 0. The molecule has 0 aliphatic rings. The van der Waals surface area contributed by atoms with Crippen molar-refractivity contribution in [2.24, 2.45) is 0 Å². The number of benzene rings is 2. The molecule has 0 radical (unpaired) electrons. The zero-order valence-electron chi connectivity index (χ0n) is 11.4. The zero-order chi connectivity index (χ0) is 15.4. The van der Waals surface area contributed by atoms with E-state index in [2.05, 4.69) is 5.32 Å². The monoisotopic (exact) mass is 286 g/mol. The van der Waals surface area contributed by atoms with Gasteiger partial charge in [-0.25, -0.2) is 0 Å². The molecule has 0 unspecified atom stereocenters. The Kier molecular flexibility index (Phi) is 4.18. The van der Waals surface area contributed by atoms with E-state index in [1.54, 1.807) is 12.1 Å². The molecule has 0 aromatic heterocycles. The molecule has 2 rings (SSSR count). The fourth-order valence-corrected chi connectivity index (χ4v) is 1.98. The average Bonchev–Trinajstić information content (AvgIpc) is 2.49. The minimum absolute atomic E-state index is 0.0140. The molecule has 108 valence electrons. The van der Waals surface area contributed by atoms with E-state index in [0.717, 1.165) is 11.6 Å². The maximum Gasteiger partial charge on any atom is 0.271 e. The van der Waals surface area contributed by atoms with Crippen LogP contribution in [0.3, 0.4) is 0 Å². The van der Waals surface area contributed by atoms with E-state index < -0.39 is 10.8 Å². The van der Waals surface area contributed by atoms with Crippen molar-refractivity contribution in [2.45, 2.75) is 13.3 Å². The van der Waals surface area contributed by atoms with Crippen LogP contribution in [0.15, 0.2) is 42.5 Å². The van der Waals surface area contributed by atoms with Gasteiger partial charge in [-0.15, -0.1) is 0 Å². The minimum Gasteiger partial charge on any atom is -0.506 e. The van der Waals surface area contributed by atoms with E-state index in [9.17, 15) is 20.0 Å². The summed E-state index contributed by atoms with van der Waals surface area (Å²) in [5, 5.41) is 22.9. The summed E-state index contributed by atoms with van der Waals surface area (Å²) in [5.41, 5.74) is 1.15. The van der Waals surface area contributed by atoms with Gasteiger partial charge in [0.1, 0.15) is 5.75 Å². The Bertz CT molecular complexity index is 698. The number of carbonyl (C=O) groups is 1. The summed E-state index contributed by atoms with van der Waals surface area (Å²) in [4.78, 5) is 22.4. The van der Waals surface area contributed by atoms with E-state index in [0.29, 0.717) is 12.0 Å². The number of amides is 1. The molecule has 0 saturated heterocycles. The van der Waals surface area contributed by atoms with E-state index in [1.165, 1.54) is 12.1 Å². The minimum atomic E-state index is -0.588. The summed E-state index contributed by atoms with van der Waals surface area (Å²) in [6.07, 6.45) is 0.685. The molecule has 0 atom stereocenters. The number of aromatic hydroxyl groups is 1. The Labute approximate surface area is 121 Å². The Balaban J connectivity index is 2.31. The molecule has 0 heterocycles. The second-order valence-corrected chi connectivity index (χ2v) is 4.42. The summed E-state index contributed by atoms with van der Waals surface area (Å²) in [6.45, 7) is 1.93. The predicted octanol–water partition coefficient (Wildman–Crippen LogP) is 3.12. The van der Waals surface area contributed by atoms with Gasteiger partial charge < -0.3 is 10.4 Å². The Hall–Kier alpha value is -2.89. The summed E-state index contributed by atoms with van der Waals surface area (Å²) >= 11 is 0. The number of rotatable bonds is 4. The Morgan fingerprint density at radius 3 is 2.67 bits per heavy atom. The highest BCUT2D eigenvalue weighted by molar-refractivity contribution is 6.06. The number of hydrogen-bond donors (Lipinski definition) is 2. The van der Waals surface area contributed by atoms with Crippen molar-refractivity contribution in [3.63, 3.8) is 0 Å². The molecule has 21 heavy (non-hydrogen) atoms. The van der Waals surface area contributed by atoms with Crippen molar-refractivity contribution >= 4 is 17.3 Å². The number of nitro groups is 1. The lowest BCUT2D eigenvalue weighted by Crippen LogP contribution is -2.14. The zero-order valence-corrected chi connectivity index (χ0v) is 11.4. The van der Waals surface area contributed by atoms with Crippen LogP contribution in [0.4, 0.5) is 11.4 Å². The van der Waals surface area contributed by atoms with Crippen molar-refractivity contribution in [2.75, 3.05) is 5.32 Å². The van der Waals surface area contributed by atoms with Gasteiger partial charge in [0.25, 0.3) is 11.6 Å². The van der Waals surface area contributed by atoms with Gasteiger partial charge in [-0.1, -0.05) is 25.1 Å². The van der Waals surface area contributed by atoms with Crippen LogP contribution >= 0.6 is 0 Å². The Morgan fingerprint density at radius 1 is 1.29 bits per heavy atom. The maximum atomic E-state index is 12.2. The van der Waals surface area contributed by atoms with Crippen molar-refractivity contribution < 1.29 is 14.8 Å². The molecule has 2 N–H and O–H groups in total. The molecule has 0 bridgehead atoms. The number of nitrogens with one attached hydrogen (secondary N) is 1. The number of phenols is 1. The van der Waals surface area contributed by atoms with Crippen molar-refractivity contribution in [1.82, 2.24) is 0 Å². The Morgan fingerprint density at radius 2 is 2.00 bits per heavy atom. The molecule has 1 amide bonds. The smallest absolute Gasteiger partial charge is 0.271 e. The van der Waals surface area contributed by atoms with Crippen LogP contribution in [0.25, 0.3) is 0 Å². The molecule has 2 aromatic carbocycles. The van der Waals surface area contributed by atoms with E-state index >= 15 is 0 Å². The number of nitro benzene ring substituents is 1. The molecule has 2 aromatic rings. The third-order valence-electron chi connectivity index (χ3n) is 3.08. The van der Waals surface area contributed by atoms with Crippen LogP contribution in [0.1, 0.15) is 22.8 Å². The molecule has 0 saturated carbocycles. The third-order valence-corrected chi connectivity index (χ3v) is 3.08. The fraction of sp³-hybridized carbons (Fsp3) is 0.133. The first-order valence-corrected chi connectivity index (χ1v) is 6.39. The number of aryl methyl sites for hydroxylation is 1.